The minimum absolute atomic E-state index is 0.245. The predicted octanol–water partition coefficient (Wildman–Crippen LogP) is 0.241. The van der Waals surface area contributed by atoms with Crippen molar-refractivity contribution in [2.24, 2.45) is 5.92 Å². The molecular formula is C9H14O5. The molecule has 0 aromatic heterocycles. The number of carboxylic acids is 1. The number of carboxylic acid groups (broad SMARTS) is 1. The highest BCUT2D eigenvalue weighted by atomic mass is 16.7. The van der Waals surface area contributed by atoms with Crippen molar-refractivity contribution in [1.82, 2.24) is 0 Å². The maximum absolute atomic E-state index is 10.6. The van der Waals surface area contributed by atoms with Gasteiger partial charge < -0.3 is 19.3 Å². The minimum Gasteiger partial charge on any atom is -0.481 e. The highest BCUT2D eigenvalue weighted by Crippen LogP contribution is 2.31. The third-order valence-corrected chi connectivity index (χ3v) is 2.70. The standard InChI is InChI=1S/C9H14O5/c10-8(11)7-5-13-9(14-6-7)1-3-12-4-2-9/h7H,1-6H2,(H,10,11). The summed E-state index contributed by atoms with van der Waals surface area (Å²) < 4.78 is 16.2. The van der Waals surface area contributed by atoms with Gasteiger partial charge in [-0.15, -0.1) is 0 Å². The largest absolute Gasteiger partial charge is 0.481 e. The number of aliphatic carboxylic acids is 1. The van der Waals surface area contributed by atoms with Crippen LogP contribution in [0.4, 0.5) is 0 Å². The second-order valence-electron chi connectivity index (χ2n) is 3.68. The van der Waals surface area contributed by atoms with Gasteiger partial charge in [0.25, 0.3) is 0 Å². The van der Waals surface area contributed by atoms with Gasteiger partial charge >= 0.3 is 5.97 Å². The number of rotatable bonds is 1. The van der Waals surface area contributed by atoms with E-state index in [4.69, 9.17) is 19.3 Å². The molecule has 5 heteroatoms. The molecule has 2 rings (SSSR count). The first-order chi connectivity index (χ1) is 6.72. The van der Waals surface area contributed by atoms with Gasteiger partial charge in [0.15, 0.2) is 5.79 Å². The number of hydrogen-bond acceptors (Lipinski definition) is 4. The third kappa shape index (κ3) is 1.89. The van der Waals surface area contributed by atoms with Crippen molar-refractivity contribution >= 4 is 5.97 Å². The van der Waals surface area contributed by atoms with Crippen LogP contribution in [0.3, 0.4) is 0 Å². The summed E-state index contributed by atoms with van der Waals surface area (Å²) in [5.74, 6) is -1.94. The first kappa shape index (κ1) is 9.89. The molecule has 2 saturated heterocycles. The lowest BCUT2D eigenvalue weighted by Gasteiger charge is -2.41. The van der Waals surface area contributed by atoms with Crippen molar-refractivity contribution in [3.05, 3.63) is 0 Å². The molecule has 0 amide bonds. The number of ether oxygens (including phenoxy) is 3. The molecule has 80 valence electrons. The van der Waals surface area contributed by atoms with Crippen molar-refractivity contribution in [1.29, 1.82) is 0 Å². The Morgan fingerprint density at radius 3 is 2.29 bits per heavy atom. The molecule has 2 fully saturated rings. The summed E-state index contributed by atoms with van der Waals surface area (Å²) in [4.78, 5) is 10.6. The van der Waals surface area contributed by atoms with E-state index in [1.807, 2.05) is 0 Å². The van der Waals surface area contributed by atoms with Crippen LogP contribution in [0.1, 0.15) is 12.8 Å². The first-order valence-electron chi connectivity index (χ1n) is 4.80. The third-order valence-electron chi connectivity index (χ3n) is 2.70. The Balaban J connectivity index is 1.90. The predicted molar refractivity (Wildman–Crippen MR) is 45.8 cm³/mol. The van der Waals surface area contributed by atoms with Crippen molar-refractivity contribution in [2.45, 2.75) is 18.6 Å². The van der Waals surface area contributed by atoms with E-state index in [1.54, 1.807) is 0 Å². The van der Waals surface area contributed by atoms with E-state index in [1.165, 1.54) is 0 Å². The Kier molecular flexibility index (Phi) is 2.71. The molecule has 0 aromatic carbocycles. The summed E-state index contributed by atoms with van der Waals surface area (Å²) in [6, 6.07) is 0. The van der Waals surface area contributed by atoms with Crippen LogP contribution < -0.4 is 0 Å². The molecule has 2 aliphatic rings. The summed E-state index contributed by atoms with van der Waals surface area (Å²) in [5, 5.41) is 8.74. The second-order valence-corrected chi connectivity index (χ2v) is 3.68. The van der Waals surface area contributed by atoms with Gasteiger partial charge in [-0.1, -0.05) is 0 Å². The van der Waals surface area contributed by atoms with Gasteiger partial charge in [-0.3, -0.25) is 4.79 Å². The van der Waals surface area contributed by atoms with Crippen LogP contribution in [-0.4, -0.2) is 43.3 Å². The lowest BCUT2D eigenvalue weighted by molar-refractivity contribution is -0.305. The molecule has 0 aromatic rings. The molecule has 0 saturated carbocycles. The molecule has 1 N–H and O–H groups in total. The lowest BCUT2D eigenvalue weighted by Crippen LogP contribution is -2.49. The zero-order valence-electron chi connectivity index (χ0n) is 7.90. The first-order valence-corrected chi connectivity index (χ1v) is 4.80. The Labute approximate surface area is 81.9 Å². The Bertz CT molecular complexity index is 211. The zero-order chi connectivity index (χ0) is 10.0. The fourth-order valence-electron chi connectivity index (χ4n) is 1.71. The maximum Gasteiger partial charge on any atom is 0.311 e. The summed E-state index contributed by atoms with van der Waals surface area (Å²) in [5.41, 5.74) is 0. The van der Waals surface area contributed by atoms with Gasteiger partial charge in [0, 0.05) is 12.8 Å². The van der Waals surface area contributed by atoms with Crippen LogP contribution >= 0.6 is 0 Å². The van der Waals surface area contributed by atoms with Crippen molar-refractivity contribution in [3.63, 3.8) is 0 Å². The molecule has 5 nitrogen and oxygen atoms in total. The molecule has 1 spiro atoms. The van der Waals surface area contributed by atoms with Crippen molar-refractivity contribution in [3.8, 4) is 0 Å². The van der Waals surface area contributed by atoms with Crippen molar-refractivity contribution in [2.75, 3.05) is 26.4 Å². The summed E-state index contributed by atoms with van der Waals surface area (Å²) in [6.45, 7) is 1.74. The summed E-state index contributed by atoms with van der Waals surface area (Å²) in [7, 11) is 0. The molecule has 0 atom stereocenters. The highest BCUT2D eigenvalue weighted by molar-refractivity contribution is 5.70. The zero-order valence-corrected chi connectivity index (χ0v) is 7.90. The normalized spacial score (nSPS) is 27.7. The van der Waals surface area contributed by atoms with Crippen LogP contribution in [0.5, 0.6) is 0 Å². The van der Waals surface area contributed by atoms with Gasteiger partial charge in [-0.2, -0.15) is 0 Å². The molecule has 2 heterocycles. The van der Waals surface area contributed by atoms with E-state index in [0.717, 1.165) is 0 Å². The van der Waals surface area contributed by atoms with Gasteiger partial charge in [0.1, 0.15) is 5.92 Å². The van der Waals surface area contributed by atoms with Gasteiger partial charge in [0.05, 0.1) is 26.4 Å². The van der Waals surface area contributed by atoms with Crippen LogP contribution in [0, 0.1) is 5.92 Å². The monoisotopic (exact) mass is 202 g/mol. The van der Waals surface area contributed by atoms with Crippen LogP contribution in [0.25, 0.3) is 0 Å². The molecule has 2 aliphatic heterocycles. The Morgan fingerprint density at radius 1 is 1.21 bits per heavy atom. The smallest absolute Gasteiger partial charge is 0.311 e. The van der Waals surface area contributed by atoms with E-state index >= 15 is 0 Å². The molecule has 0 aliphatic carbocycles. The lowest BCUT2D eigenvalue weighted by atomic mass is 10.0. The topological polar surface area (TPSA) is 65.0 Å². The second kappa shape index (κ2) is 3.84. The molecule has 0 bridgehead atoms. The molecule has 0 radical (unpaired) electrons. The Hall–Kier alpha value is -0.650. The average Bonchev–Trinajstić information content (AvgIpc) is 2.19. The van der Waals surface area contributed by atoms with E-state index < -0.39 is 17.7 Å². The Morgan fingerprint density at radius 2 is 1.79 bits per heavy atom. The van der Waals surface area contributed by atoms with Crippen molar-refractivity contribution < 1.29 is 24.1 Å². The van der Waals surface area contributed by atoms with Crippen LogP contribution in [0.2, 0.25) is 0 Å². The van der Waals surface area contributed by atoms with E-state index in [9.17, 15) is 4.79 Å². The maximum atomic E-state index is 10.6. The van der Waals surface area contributed by atoms with Gasteiger partial charge in [-0.05, 0) is 0 Å². The quantitative estimate of drug-likeness (QED) is 0.659. The van der Waals surface area contributed by atoms with E-state index in [0.29, 0.717) is 26.1 Å². The summed E-state index contributed by atoms with van der Waals surface area (Å²) in [6.07, 6.45) is 1.39. The van der Waals surface area contributed by atoms with Gasteiger partial charge in [0.2, 0.25) is 0 Å². The van der Waals surface area contributed by atoms with Crippen LogP contribution in [0.15, 0.2) is 0 Å². The van der Waals surface area contributed by atoms with E-state index in [2.05, 4.69) is 0 Å². The fourth-order valence-corrected chi connectivity index (χ4v) is 1.71. The average molecular weight is 202 g/mol. The number of carbonyl (C=O) groups is 1. The van der Waals surface area contributed by atoms with Gasteiger partial charge in [-0.25, -0.2) is 0 Å². The summed E-state index contributed by atoms with van der Waals surface area (Å²) >= 11 is 0. The number of hydrogen-bond donors (Lipinski definition) is 1. The fraction of sp³-hybridized carbons (Fsp3) is 0.889. The molecular weight excluding hydrogens is 188 g/mol. The minimum atomic E-state index is -0.855. The molecule has 14 heavy (non-hydrogen) atoms. The molecule has 0 unspecified atom stereocenters. The SMILES string of the molecule is O=C(O)C1COC2(CCOCC2)OC1. The van der Waals surface area contributed by atoms with E-state index in [-0.39, 0.29) is 13.2 Å². The van der Waals surface area contributed by atoms with Crippen LogP contribution in [-0.2, 0) is 19.0 Å². The highest BCUT2D eigenvalue weighted by Gasteiger charge is 2.40.